The third-order valence-corrected chi connectivity index (χ3v) is 3.99. The highest BCUT2D eigenvalue weighted by Gasteiger charge is 2.15. The van der Waals surface area contributed by atoms with E-state index in [9.17, 15) is 19.7 Å². The van der Waals surface area contributed by atoms with Gasteiger partial charge >= 0.3 is 0 Å². The minimum Gasteiger partial charge on any atom is -0.325 e. The third kappa shape index (κ3) is 6.05. The molecule has 2 rings (SSSR count). The lowest BCUT2D eigenvalue weighted by Crippen LogP contribution is -2.36. The third-order valence-electron chi connectivity index (χ3n) is 3.66. The molecular formula is C18H19ClN4O4. The first-order valence-electron chi connectivity index (χ1n) is 8.04. The lowest BCUT2D eigenvalue weighted by Gasteiger charge is -2.16. The van der Waals surface area contributed by atoms with Gasteiger partial charge in [0.25, 0.3) is 5.69 Å². The van der Waals surface area contributed by atoms with Gasteiger partial charge in [-0.15, -0.1) is 0 Å². The molecule has 142 valence electrons. The normalized spacial score (nSPS) is 10.5. The Bertz CT molecular complexity index is 872. The van der Waals surface area contributed by atoms with E-state index >= 15 is 0 Å². The number of amides is 2. The number of nitro groups is 1. The van der Waals surface area contributed by atoms with E-state index in [1.165, 1.54) is 11.0 Å². The van der Waals surface area contributed by atoms with E-state index in [0.29, 0.717) is 22.0 Å². The van der Waals surface area contributed by atoms with Crippen molar-refractivity contribution in [2.45, 2.75) is 6.92 Å². The number of nitro benzene ring substituents is 1. The van der Waals surface area contributed by atoms with Crippen LogP contribution in [0.5, 0.6) is 0 Å². The number of halogens is 1. The molecule has 0 saturated heterocycles. The minimum absolute atomic E-state index is 0.0211. The average molecular weight is 391 g/mol. The van der Waals surface area contributed by atoms with Gasteiger partial charge in [0.05, 0.1) is 28.7 Å². The highest BCUT2D eigenvalue weighted by atomic mass is 35.5. The summed E-state index contributed by atoms with van der Waals surface area (Å²) in [7, 11) is 1.61. The predicted octanol–water partition coefficient (Wildman–Crippen LogP) is 3.07. The van der Waals surface area contributed by atoms with Gasteiger partial charge in [-0.05, 0) is 32.2 Å². The van der Waals surface area contributed by atoms with E-state index in [1.54, 1.807) is 50.4 Å². The van der Waals surface area contributed by atoms with Gasteiger partial charge < -0.3 is 10.6 Å². The summed E-state index contributed by atoms with van der Waals surface area (Å²) >= 11 is 5.99. The van der Waals surface area contributed by atoms with E-state index < -0.39 is 4.92 Å². The van der Waals surface area contributed by atoms with Crippen LogP contribution in [-0.2, 0) is 9.59 Å². The molecule has 9 heteroatoms. The number of carbonyl (C=O) groups excluding carboxylic acids is 2. The standard InChI is InChI=1S/C18H19ClN4O4/c1-12-7-8-13(9-16(12)23(26)27)20-17(24)10-22(2)11-18(25)21-15-6-4-3-5-14(15)19/h3-9H,10-11H2,1-2H3,(H,20,24)(H,21,25). The monoisotopic (exact) mass is 390 g/mol. The Balaban J connectivity index is 1.88. The second kappa shape index (κ2) is 9.11. The Kier molecular flexibility index (Phi) is 6.86. The summed E-state index contributed by atoms with van der Waals surface area (Å²) in [4.78, 5) is 36.1. The lowest BCUT2D eigenvalue weighted by molar-refractivity contribution is -0.385. The van der Waals surface area contributed by atoms with Crippen molar-refractivity contribution in [3.8, 4) is 0 Å². The van der Waals surface area contributed by atoms with Gasteiger partial charge in [0, 0.05) is 17.3 Å². The maximum absolute atomic E-state index is 12.1. The summed E-state index contributed by atoms with van der Waals surface area (Å²) < 4.78 is 0. The van der Waals surface area contributed by atoms with Crippen molar-refractivity contribution in [3.63, 3.8) is 0 Å². The largest absolute Gasteiger partial charge is 0.325 e. The lowest BCUT2D eigenvalue weighted by atomic mass is 10.2. The zero-order valence-corrected chi connectivity index (χ0v) is 15.6. The maximum Gasteiger partial charge on any atom is 0.274 e. The van der Waals surface area contributed by atoms with Crippen molar-refractivity contribution in [2.24, 2.45) is 0 Å². The molecule has 0 fully saturated rings. The van der Waals surface area contributed by atoms with Crippen LogP contribution >= 0.6 is 11.6 Å². The molecule has 0 atom stereocenters. The van der Waals surface area contributed by atoms with Gasteiger partial charge in [0.2, 0.25) is 11.8 Å². The van der Waals surface area contributed by atoms with Crippen LogP contribution in [0.1, 0.15) is 5.56 Å². The molecule has 0 heterocycles. The Morgan fingerprint density at radius 2 is 1.74 bits per heavy atom. The number of nitrogens with one attached hydrogen (secondary N) is 2. The number of hydrogen-bond acceptors (Lipinski definition) is 5. The summed E-state index contributed by atoms with van der Waals surface area (Å²) in [6.45, 7) is 1.54. The first-order valence-corrected chi connectivity index (χ1v) is 8.42. The van der Waals surface area contributed by atoms with E-state index in [0.717, 1.165) is 0 Å². The molecule has 0 aliphatic heterocycles. The summed E-state index contributed by atoms with van der Waals surface area (Å²) in [5.74, 6) is -0.703. The van der Waals surface area contributed by atoms with E-state index in [4.69, 9.17) is 11.6 Å². The van der Waals surface area contributed by atoms with Gasteiger partial charge in [-0.2, -0.15) is 0 Å². The molecule has 2 aromatic carbocycles. The van der Waals surface area contributed by atoms with Crippen molar-refractivity contribution in [1.29, 1.82) is 0 Å². The van der Waals surface area contributed by atoms with Crippen molar-refractivity contribution in [3.05, 3.63) is 63.2 Å². The Morgan fingerprint density at radius 1 is 1.11 bits per heavy atom. The number of nitrogens with zero attached hydrogens (tertiary/aromatic N) is 2. The molecule has 0 bridgehead atoms. The summed E-state index contributed by atoms with van der Waals surface area (Å²) in [6.07, 6.45) is 0. The molecule has 2 aromatic rings. The van der Waals surface area contributed by atoms with Crippen LogP contribution < -0.4 is 10.6 Å². The fourth-order valence-corrected chi connectivity index (χ4v) is 2.57. The molecule has 0 spiro atoms. The molecule has 0 aliphatic carbocycles. The number of aryl methyl sites for hydroxylation is 1. The number of para-hydroxylation sites is 1. The molecule has 27 heavy (non-hydrogen) atoms. The summed E-state index contributed by atoms with van der Waals surface area (Å²) in [5.41, 5.74) is 1.26. The van der Waals surface area contributed by atoms with E-state index in [-0.39, 0.29) is 30.6 Å². The van der Waals surface area contributed by atoms with E-state index in [1.807, 2.05) is 0 Å². The minimum atomic E-state index is -0.504. The zero-order valence-electron chi connectivity index (χ0n) is 14.9. The van der Waals surface area contributed by atoms with Crippen molar-refractivity contribution >= 4 is 40.5 Å². The first kappa shape index (κ1) is 20.3. The van der Waals surface area contributed by atoms with Crippen LogP contribution in [0.15, 0.2) is 42.5 Å². The number of anilines is 2. The van der Waals surface area contributed by atoms with Crippen LogP contribution in [0.4, 0.5) is 17.1 Å². The van der Waals surface area contributed by atoms with Gasteiger partial charge in [0.1, 0.15) is 0 Å². The predicted molar refractivity (Wildman–Crippen MR) is 104 cm³/mol. The number of likely N-dealkylation sites (N-methyl/N-ethyl adjacent to an activating group) is 1. The number of hydrogen-bond donors (Lipinski definition) is 2. The smallest absolute Gasteiger partial charge is 0.274 e. The molecule has 0 aromatic heterocycles. The number of carbonyl (C=O) groups is 2. The van der Waals surface area contributed by atoms with Crippen LogP contribution in [0.3, 0.4) is 0 Å². The van der Waals surface area contributed by atoms with Gasteiger partial charge in [-0.25, -0.2) is 0 Å². The molecule has 0 aliphatic rings. The maximum atomic E-state index is 12.1. The highest BCUT2D eigenvalue weighted by molar-refractivity contribution is 6.33. The Morgan fingerprint density at radius 3 is 2.37 bits per heavy atom. The van der Waals surface area contributed by atoms with Gasteiger partial charge in [-0.3, -0.25) is 24.6 Å². The average Bonchev–Trinajstić information content (AvgIpc) is 2.58. The topological polar surface area (TPSA) is 105 Å². The Labute approximate surface area is 161 Å². The molecule has 0 saturated carbocycles. The summed E-state index contributed by atoms with van der Waals surface area (Å²) in [6, 6.07) is 11.3. The summed E-state index contributed by atoms with van der Waals surface area (Å²) in [5, 5.41) is 16.6. The molecule has 0 unspecified atom stereocenters. The highest BCUT2D eigenvalue weighted by Crippen LogP contribution is 2.22. The van der Waals surface area contributed by atoms with Crippen LogP contribution in [0.25, 0.3) is 0 Å². The van der Waals surface area contributed by atoms with Crippen LogP contribution in [0.2, 0.25) is 5.02 Å². The van der Waals surface area contributed by atoms with Crippen molar-refractivity contribution in [1.82, 2.24) is 4.90 Å². The molecule has 2 amide bonds. The zero-order chi connectivity index (χ0) is 20.0. The molecular weight excluding hydrogens is 372 g/mol. The molecule has 2 N–H and O–H groups in total. The number of rotatable bonds is 7. The van der Waals surface area contributed by atoms with Crippen molar-refractivity contribution < 1.29 is 14.5 Å². The Hall–Kier alpha value is -2.97. The number of benzene rings is 2. The quantitative estimate of drug-likeness (QED) is 0.558. The molecule has 8 nitrogen and oxygen atoms in total. The SMILES string of the molecule is Cc1ccc(NC(=O)CN(C)CC(=O)Nc2ccccc2Cl)cc1[N+](=O)[O-]. The van der Waals surface area contributed by atoms with Crippen LogP contribution in [0, 0.1) is 17.0 Å². The van der Waals surface area contributed by atoms with E-state index in [2.05, 4.69) is 10.6 Å². The van der Waals surface area contributed by atoms with Crippen molar-refractivity contribution in [2.75, 3.05) is 30.8 Å². The fraction of sp³-hybridized carbons (Fsp3) is 0.222. The second-order valence-electron chi connectivity index (χ2n) is 6.01. The molecule has 0 radical (unpaired) electrons. The van der Waals surface area contributed by atoms with Crippen LogP contribution in [-0.4, -0.2) is 41.8 Å². The fourth-order valence-electron chi connectivity index (χ4n) is 2.38. The van der Waals surface area contributed by atoms with Gasteiger partial charge in [-0.1, -0.05) is 29.8 Å². The second-order valence-corrected chi connectivity index (χ2v) is 6.41. The first-order chi connectivity index (χ1) is 12.8. The van der Waals surface area contributed by atoms with Gasteiger partial charge in [0.15, 0.2) is 0 Å².